The van der Waals surface area contributed by atoms with E-state index in [1.807, 2.05) is 38.4 Å². The minimum absolute atomic E-state index is 0.0981. The predicted molar refractivity (Wildman–Crippen MR) is 89.3 cm³/mol. The molecule has 6 heteroatoms. The Morgan fingerprint density at radius 3 is 2.18 bits per heavy atom. The highest BCUT2D eigenvalue weighted by Gasteiger charge is 2.16. The summed E-state index contributed by atoms with van der Waals surface area (Å²) in [7, 11) is 0.403. The predicted octanol–water partition coefficient (Wildman–Crippen LogP) is 2.88. The summed E-state index contributed by atoms with van der Waals surface area (Å²) in [5.74, 6) is 0. The van der Waals surface area contributed by atoms with E-state index in [-0.39, 0.29) is 16.5 Å². The summed E-state index contributed by atoms with van der Waals surface area (Å²) in [6.45, 7) is 1.08. The minimum Gasteiger partial charge on any atom is -0.305 e. The van der Waals surface area contributed by atoms with Gasteiger partial charge in [-0.05, 0) is 37.4 Å². The van der Waals surface area contributed by atoms with Gasteiger partial charge in [0.25, 0.3) is 0 Å². The lowest BCUT2D eigenvalue weighted by Gasteiger charge is -2.11. The second kappa shape index (κ2) is 7.24. The maximum absolute atomic E-state index is 12.2. The van der Waals surface area contributed by atoms with Gasteiger partial charge in [-0.1, -0.05) is 48.0 Å². The number of nitrogens with zero attached hydrogens (tertiary/aromatic N) is 1. The van der Waals surface area contributed by atoms with Crippen LogP contribution in [0.1, 0.15) is 11.1 Å². The maximum Gasteiger partial charge on any atom is 0.242 e. The van der Waals surface area contributed by atoms with E-state index < -0.39 is 10.0 Å². The van der Waals surface area contributed by atoms with Crippen molar-refractivity contribution < 1.29 is 8.42 Å². The first kappa shape index (κ1) is 17.0. The van der Waals surface area contributed by atoms with Crippen molar-refractivity contribution in [3.8, 4) is 0 Å². The fourth-order valence-corrected chi connectivity index (χ4v) is 3.58. The van der Waals surface area contributed by atoms with Crippen molar-refractivity contribution in [1.82, 2.24) is 9.62 Å². The minimum atomic E-state index is -3.61. The Morgan fingerprint density at radius 2 is 1.59 bits per heavy atom. The monoisotopic (exact) mass is 338 g/mol. The lowest BCUT2D eigenvalue weighted by molar-refractivity contribution is 0.402. The molecule has 0 amide bonds. The standard InChI is InChI=1S/C16H19ClN2O2S/c1-19(2)12-14-9-7-13(8-10-14)11-18-22(20,21)16-6-4-3-5-15(16)17/h3-10,18H,11-12H2,1-2H3. The zero-order valence-corrected chi connectivity index (χ0v) is 14.2. The number of halogens is 1. The first-order valence-electron chi connectivity index (χ1n) is 6.85. The van der Waals surface area contributed by atoms with Crippen LogP contribution in [0.15, 0.2) is 53.4 Å². The molecule has 0 unspecified atom stereocenters. The van der Waals surface area contributed by atoms with Crippen LogP contribution in [0.4, 0.5) is 0 Å². The highest BCUT2D eigenvalue weighted by atomic mass is 35.5. The lowest BCUT2D eigenvalue weighted by atomic mass is 10.1. The number of rotatable bonds is 6. The van der Waals surface area contributed by atoms with Crippen LogP contribution in [0.2, 0.25) is 5.02 Å². The second-order valence-electron chi connectivity index (χ2n) is 5.31. The summed E-state index contributed by atoms with van der Waals surface area (Å²) in [4.78, 5) is 2.18. The van der Waals surface area contributed by atoms with Gasteiger partial charge in [-0.2, -0.15) is 0 Å². The number of hydrogen-bond donors (Lipinski definition) is 1. The van der Waals surface area contributed by atoms with Gasteiger partial charge < -0.3 is 4.90 Å². The molecule has 0 aliphatic carbocycles. The third-order valence-corrected chi connectivity index (χ3v) is 5.02. The van der Waals surface area contributed by atoms with E-state index in [1.165, 1.54) is 11.6 Å². The molecule has 0 radical (unpaired) electrons. The molecule has 22 heavy (non-hydrogen) atoms. The van der Waals surface area contributed by atoms with Gasteiger partial charge in [0.1, 0.15) is 4.90 Å². The van der Waals surface area contributed by atoms with Crippen LogP contribution in [0, 0.1) is 0 Å². The second-order valence-corrected chi connectivity index (χ2v) is 7.45. The van der Waals surface area contributed by atoms with Crippen LogP contribution in [0.5, 0.6) is 0 Å². The molecule has 1 N–H and O–H groups in total. The third kappa shape index (κ3) is 4.55. The molecule has 118 valence electrons. The summed E-state index contributed by atoms with van der Waals surface area (Å²) in [6, 6.07) is 14.2. The number of benzene rings is 2. The van der Waals surface area contributed by atoms with E-state index >= 15 is 0 Å². The highest BCUT2D eigenvalue weighted by Crippen LogP contribution is 2.20. The Morgan fingerprint density at radius 1 is 1.00 bits per heavy atom. The van der Waals surface area contributed by atoms with Crippen molar-refractivity contribution in [3.63, 3.8) is 0 Å². The quantitative estimate of drug-likeness (QED) is 0.881. The third-order valence-electron chi connectivity index (χ3n) is 3.11. The average molecular weight is 339 g/mol. The first-order valence-corrected chi connectivity index (χ1v) is 8.71. The fourth-order valence-electron chi connectivity index (χ4n) is 2.05. The highest BCUT2D eigenvalue weighted by molar-refractivity contribution is 7.89. The van der Waals surface area contributed by atoms with Gasteiger partial charge >= 0.3 is 0 Å². The Bertz CT molecular complexity index is 728. The van der Waals surface area contributed by atoms with Gasteiger partial charge in [-0.3, -0.25) is 0 Å². The van der Waals surface area contributed by atoms with Crippen LogP contribution in [0.3, 0.4) is 0 Å². The molecule has 0 fully saturated rings. The van der Waals surface area contributed by atoms with E-state index in [0.717, 1.165) is 12.1 Å². The maximum atomic E-state index is 12.2. The van der Waals surface area contributed by atoms with Crippen molar-refractivity contribution in [3.05, 3.63) is 64.7 Å². The molecule has 2 aromatic rings. The summed E-state index contributed by atoms with van der Waals surface area (Å²) in [6.07, 6.45) is 0. The first-order chi connectivity index (χ1) is 10.4. The molecule has 0 spiro atoms. The van der Waals surface area contributed by atoms with E-state index in [4.69, 9.17) is 11.6 Å². The zero-order valence-electron chi connectivity index (χ0n) is 12.6. The summed E-state index contributed by atoms with van der Waals surface area (Å²) in [5.41, 5.74) is 2.08. The molecular weight excluding hydrogens is 320 g/mol. The van der Waals surface area contributed by atoms with Crippen LogP contribution in [-0.4, -0.2) is 27.4 Å². The Kier molecular flexibility index (Phi) is 5.58. The fraction of sp³-hybridized carbons (Fsp3) is 0.250. The van der Waals surface area contributed by atoms with Gasteiger partial charge in [-0.25, -0.2) is 13.1 Å². The van der Waals surface area contributed by atoms with Gasteiger partial charge in [0, 0.05) is 13.1 Å². The van der Waals surface area contributed by atoms with E-state index in [2.05, 4.69) is 9.62 Å². The average Bonchev–Trinajstić information content (AvgIpc) is 2.46. The summed E-state index contributed by atoms with van der Waals surface area (Å²) in [5, 5.41) is 0.219. The van der Waals surface area contributed by atoms with Gasteiger partial charge in [0.15, 0.2) is 0 Å². The van der Waals surface area contributed by atoms with E-state index in [9.17, 15) is 8.42 Å². The van der Waals surface area contributed by atoms with Crippen LogP contribution < -0.4 is 4.72 Å². The van der Waals surface area contributed by atoms with Gasteiger partial charge in [-0.15, -0.1) is 0 Å². The van der Waals surface area contributed by atoms with Crippen molar-refractivity contribution in [2.45, 2.75) is 18.0 Å². The molecule has 0 aliphatic rings. The molecule has 2 rings (SSSR count). The molecule has 0 aliphatic heterocycles. The van der Waals surface area contributed by atoms with Crippen LogP contribution in [-0.2, 0) is 23.1 Å². The Balaban J connectivity index is 2.05. The molecule has 2 aromatic carbocycles. The molecule has 0 atom stereocenters. The molecule has 0 bridgehead atoms. The van der Waals surface area contributed by atoms with E-state index in [0.29, 0.717) is 0 Å². The SMILES string of the molecule is CN(C)Cc1ccc(CNS(=O)(=O)c2ccccc2Cl)cc1. The summed E-state index contributed by atoms with van der Waals surface area (Å²) < 4.78 is 27.0. The number of nitrogens with one attached hydrogen (secondary N) is 1. The van der Waals surface area contributed by atoms with Crippen LogP contribution in [0.25, 0.3) is 0 Å². The van der Waals surface area contributed by atoms with Gasteiger partial charge in [0.2, 0.25) is 10.0 Å². The molecule has 0 saturated carbocycles. The van der Waals surface area contributed by atoms with E-state index in [1.54, 1.807) is 18.2 Å². The topological polar surface area (TPSA) is 49.4 Å². The lowest BCUT2D eigenvalue weighted by Crippen LogP contribution is -2.23. The summed E-state index contributed by atoms with van der Waals surface area (Å²) >= 11 is 5.94. The molecular formula is C16H19ClN2O2S. The molecule has 0 aromatic heterocycles. The van der Waals surface area contributed by atoms with Crippen molar-refractivity contribution in [2.75, 3.05) is 14.1 Å². The molecule has 0 heterocycles. The van der Waals surface area contributed by atoms with Crippen molar-refractivity contribution >= 4 is 21.6 Å². The smallest absolute Gasteiger partial charge is 0.242 e. The molecule has 4 nitrogen and oxygen atoms in total. The molecule has 0 saturated heterocycles. The Labute approximate surface area is 136 Å². The zero-order chi connectivity index (χ0) is 16.2. The van der Waals surface area contributed by atoms with Crippen LogP contribution >= 0.6 is 11.6 Å². The Hall–Kier alpha value is -1.40. The van der Waals surface area contributed by atoms with Crippen molar-refractivity contribution in [1.29, 1.82) is 0 Å². The van der Waals surface area contributed by atoms with Crippen molar-refractivity contribution in [2.24, 2.45) is 0 Å². The van der Waals surface area contributed by atoms with Gasteiger partial charge in [0.05, 0.1) is 5.02 Å². The number of hydrogen-bond acceptors (Lipinski definition) is 3. The number of sulfonamides is 1. The normalized spacial score (nSPS) is 11.8. The largest absolute Gasteiger partial charge is 0.305 e.